The Hall–Kier alpha value is -1.54. The first-order valence-corrected chi connectivity index (χ1v) is 7.61. The summed E-state index contributed by atoms with van der Waals surface area (Å²) >= 11 is 0. The van der Waals surface area contributed by atoms with Gasteiger partial charge in [-0.15, -0.1) is 0 Å². The molecular weight excluding hydrogens is 287 g/mol. The lowest BCUT2D eigenvalue weighted by Crippen LogP contribution is -2.45. The number of rotatable bonds is 3. The molecule has 0 saturated carbocycles. The zero-order valence-electron chi connectivity index (χ0n) is 10.9. The van der Waals surface area contributed by atoms with Crippen LogP contribution in [0.5, 0.6) is 0 Å². The highest BCUT2D eigenvalue weighted by Gasteiger charge is 2.37. The number of carboxylic acids is 1. The summed E-state index contributed by atoms with van der Waals surface area (Å²) in [6, 6.07) is 0.469. The lowest BCUT2D eigenvalue weighted by atomic mass is 9.93. The zero-order valence-corrected chi connectivity index (χ0v) is 11.7. The summed E-state index contributed by atoms with van der Waals surface area (Å²) in [5.74, 6) is -2.18. The molecule has 6 nitrogen and oxygen atoms in total. The van der Waals surface area contributed by atoms with Crippen LogP contribution in [0.4, 0.5) is 4.39 Å². The molecule has 2 heterocycles. The fourth-order valence-electron chi connectivity index (χ4n) is 2.40. The lowest BCUT2D eigenvalue weighted by molar-refractivity contribution is -0.143. The van der Waals surface area contributed by atoms with Gasteiger partial charge >= 0.3 is 5.97 Å². The molecule has 0 spiro atoms. The van der Waals surface area contributed by atoms with Gasteiger partial charge in [-0.1, -0.05) is 0 Å². The van der Waals surface area contributed by atoms with Crippen molar-refractivity contribution in [2.24, 2.45) is 5.92 Å². The van der Waals surface area contributed by atoms with E-state index in [4.69, 9.17) is 5.11 Å². The average Bonchev–Trinajstić information content (AvgIpc) is 2.38. The molecule has 1 saturated heterocycles. The number of piperidine rings is 1. The van der Waals surface area contributed by atoms with Gasteiger partial charge in [-0.25, -0.2) is 12.8 Å². The van der Waals surface area contributed by atoms with Gasteiger partial charge in [0.2, 0.25) is 10.0 Å². The van der Waals surface area contributed by atoms with Gasteiger partial charge in [0.05, 0.1) is 12.1 Å². The number of halogens is 1. The fraction of sp³-hybridized carbons (Fsp3) is 0.500. The second-order valence-corrected chi connectivity index (χ2v) is 6.75. The molecule has 8 heteroatoms. The molecule has 1 N–H and O–H groups in total. The first-order valence-electron chi connectivity index (χ1n) is 6.17. The van der Waals surface area contributed by atoms with E-state index in [0.29, 0.717) is 0 Å². The molecule has 1 aliphatic rings. The molecule has 2 rings (SSSR count). The van der Waals surface area contributed by atoms with Crippen LogP contribution in [0.15, 0.2) is 23.4 Å². The van der Waals surface area contributed by atoms with Gasteiger partial charge < -0.3 is 5.11 Å². The summed E-state index contributed by atoms with van der Waals surface area (Å²) < 4.78 is 39.1. The van der Waals surface area contributed by atoms with E-state index in [1.165, 1.54) is 4.31 Å². The Bertz CT molecular complexity index is 620. The fourth-order valence-corrected chi connectivity index (χ4v) is 4.03. The van der Waals surface area contributed by atoms with E-state index in [-0.39, 0.29) is 24.3 Å². The lowest BCUT2D eigenvalue weighted by Gasteiger charge is -2.35. The molecule has 1 fully saturated rings. The Labute approximate surface area is 116 Å². The van der Waals surface area contributed by atoms with Crippen molar-refractivity contribution in [1.82, 2.24) is 9.29 Å². The third-order valence-corrected chi connectivity index (χ3v) is 5.43. The predicted octanol–water partition coefficient (Wildman–Crippen LogP) is 1.09. The molecular formula is C12H15FN2O4S. The Morgan fingerprint density at radius 3 is 2.75 bits per heavy atom. The highest BCUT2D eigenvalue weighted by atomic mass is 32.2. The van der Waals surface area contributed by atoms with Crippen LogP contribution < -0.4 is 0 Å². The maximum absolute atomic E-state index is 13.1. The highest BCUT2D eigenvalue weighted by Crippen LogP contribution is 2.28. The third-order valence-electron chi connectivity index (χ3n) is 3.45. The minimum Gasteiger partial charge on any atom is -0.481 e. The Kier molecular flexibility index (Phi) is 4.05. The second kappa shape index (κ2) is 5.45. The molecule has 0 bridgehead atoms. The minimum atomic E-state index is -3.84. The molecule has 20 heavy (non-hydrogen) atoms. The molecule has 0 amide bonds. The number of nitrogens with zero attached hydrogens (tertiary/aromatic N) is 2. The van der Waals surface area contributed by atoms with E-state index < -0.39 is 33.8 Å². The Morgan fingerprint density at radius 1 is 1.50 bits per heavy atom. The first kappa shape index (κ1) is 14.9. The maximum Gasteiger partial charge on any atom is 0.306 e. The number of pyridine rings is 1. The van der Waals surface area contributed by atoms with Crippen LogP contribution in [0, 0.1) is 11.7 Å². The van der Waals surface area contributed by atoms with Gasteiger partial charge in [0.1, 0.15) is 10.7 Å². The van der Waals surface area contributed by atoms with E-state index >= 15 is 0 Å². The van der Waals surface area contributed by atoms with Crippen LogP contribution in [0.3, 0.4) is 0 Å². The number of carbonyl (C=O) groups is 1. The molecule has 2 unspecified atom stereocenters. The summed E-state index contributed by atoms with van der Waals surface area (Å²) in [5, 5.41) is 8.97. The van der Waals surface area contributed by atoms with Crippen LogP contribution in [0.1, 0.15) is 19.8 Å². The van der Waals surface area contributed by atoms with Crippen molar-refractivity contribution in [2.45, 2.75) is 30.7 Å². The van der Waals surface area contributed by atoms with Crippen molar-refractivity contribution in [3.63, 3.8) is 0 Å². The third kappa shape index (κ3) is 2.80. The number of sulfonamides is 1. The molecule has 1 aromatic heterocycles. The number of carboxylic acid groups (broad SMARTS) is 1. The standard InChI is InChI=1S/C12H15FN2O4S/c1-8-4-9(12(16)17)2-3-15(8)20(18,19)11-5-10(13)6-14-7-11/h5-9H,2-4H2,1H3,(H,16,17). The van der Waals surface area contributed by atoms with E-state index in [2.05, 4.69) is 4.98 Å². The highest BCUT2D eigenvalue weighted by molar-refractivity contribution is 7.89. The van der Waals surface area contributed by atoms with Gasteiger partial charge in [-0.3, -0.25) is 9.78 Å². The van der Waals surface area contributed by atoms with Crippen LogP contribution >= 0.6 is 0 Å². The number of aromatic nitrogens is 1. The van der Waals surface area contributed by atoms with E-state index in [9.17, 15) is 17.6 Å². The minimum absolute atomic E-state index is 0.108. The molecule has 2 atom stereocenters. The van der Waals surface area contributed by atoms with Crippen molar-refractivity contribution in [3.05, 3.63) is 24.3 Å². The number of aliphatic carboxylic acids is 1. The quantitative estimate of drug-likeness (QED) is 0.903. The molecule has 0 radical (unpaired) electrons. The molecule has 1 aromatic rings. The molecule has 0 aliphatic carbocycles. The Morgan fingerprint density at radius 2 is 2.20 bits per heavy atom. The first-order chi connectivity index (χ1) is 9.32. The zero-order chi connectivity index (χ0) is 14.9. The van der Waals surface area contributed by atoms with Gasteiger partial charge in [-0.2, -0.15) is 4.31 Å². The normalized spacial score (nSPS) is 24.5. The van der Waals surface area contributed by atoms with Gasteiger partial charge in [0, 0.05) is 18.8 Å². The maximum atomic E-state index is 13.1. The molecule has 0 aromatic carbocycles. The summed E-state index contributed by atoms with van der Waals surface area (Å²) in [5.41, 5.74) is 0. The SMILES string of the molecule is CC1CC(C(=O)O)CCN1S(=O)(=O)c1cncc(F)c1. The van der Waals surface area contributed by atoms with E-state index in [0.717, 1.165) is 18.5 Å². The second-order valence-electron chi connectivity index (χ2n) is 4.86. The summed E-state index contributed by atoms with van der Waals surface area (Å²) in [4.78, 5) is 14.3. The molecule has 1 aliphatic heterocycles. The van der Waals surface area contributed by atoms with Crippen molar-refractivity contribution < 1.29 is 22.7 Å². The number of hydrogen-bond donors (Lipinski definition) is 1. The smallest absolute Gasteiger partial charge is 0.306 e. The largest absolute Gasteiger partial charge is 0.481 e. The van der Waals surface area contributed by atoms with Gasteiger partial charge in [0.25, 0.3) is 0 Å². The van der Waals surface area contributed by atoms with Crippen molar-refractivity contribution >= 4 is 16.0 Å². The number of hydrogen-bond acceptors (Lipinski definition) is 4. The van der Waals surface area contributed by atoms with Crippen LogP contribution in [-0.2, 0) is 14.8 Å². The van der Waals surface area contributed by atoms with Crippen molar-refractivity contribution in [1.29, 1.82) is 0 Å². The monoisotopic (exact) mass is 302 g/mol. The van der Waals surface area contributed by atoms with E-state index in [1.807, 2.05) is 0 Å². The van der Waals surface area contributed by atoms with Gasteiger partial charge in [0.15, 0.2) is 0 Å². The summed E-state index contributed by atoms with van der Waals surface area (Å²) in [6.07, 6.45) is 2.52. The van der Waals surface area contributed by atoms with Crippen LogP contribution in [0.25, 0.3) is 0 Å². The van der Waals surface area contributed by atoms with Gasteiger partial charge in [-0.05, 0) is 25.8 Å². The Balaban J connectivity index is 2.25. The summed E-state index contributed by atoms with van der Waals surface area (Å²) in [7, 11) is -3.84. The van der Waals surface area contributed by atoms with Crippen molar-refractivity contribution in [3.8, 4) is 0 Å². The molecule has 110 valence electrons. The van der Waals surface area contributed by atoms with E-state index in [1.54, 1.807) is 6.92 Å². The van der Waals surface area contributed by atoms with Crippen LogP contribution in [0.2, 0.25) is 0 Å². The summed E-state index contributed by atoms with van der Waals surface area (Å²) in [6.45, 7) is 1.76. The average molecular weight is 302 g/mol. The van der Waals surface area contributed by atoms with Crippen LogP contribution in [-0.4, -0.2) is 41.4 Å². The van der Waals surface area contributed by atoms with Crippen molar-refractivity contribution in [2.75, 3.05) is 6.54 Å². The predicted molar refractivity (Wildman–Crippen MR) is 67.9 cm³/mol. The topological polar surface area (TPSA) is 87.6 Å².